The number of hydrogen-bond acceptors (Lipinski definition) is 3. The summed E-state index contributed by atoms with van der Waals surface area (Å²) in [6.45, 7) is 9.40. The third kappa shape index (κ3) is 3.46. The Kier molecular flexibility index (Phi) is 4.59. The van der Waals surface area contributed by atoms with Gasteiger partial charge in [0.05, 0.1) is 6.54 Å². The molecular weight excluding hydrogens is 176 g/mol. The van der Waals surface area contributed by atoms with E-state index >= 15 is 0 Å². The number of aryl methyl sites for hydroxylation is 1. The standard InChI is InChI=1S/C10H20N4/c1-4-5-14-8-12-13-10(14)7-11-6-9(2)3/h8-9,11H,4-7H2,1-3H3. The van der Waals surface area contributed by atoms with Crippen LogP contribution in [0.5, 0.6) is 0 Å². The molecule has 80 valence electrons. The minimum Gasteiger partial charge on any atom is -0.317 e. The van der Waals surface area contributed by atoms with Crippen molar-refractivity contribution in [1.29, 1.82) is 0 Å². The summed E-state index contributed by atoms with van der Waals surface area (Å²) in [6.07, 6.45) is 2.92. The smallest absolute Gasteiger partial charge is 0.146 e. The lowest BCUT2D eigenvalue weighted by atomic mass is 10.2. The van der Waals surface area contributed by atoms with Crippen LogP contribution in [-0.4, -0.2) is 21.3 Å². The minimum absolute atomic E-state index is 0.678. The van der Waals surface area contributed by atoms with Gasteiger partial charge in [-0.1, -0.05) is 20.8 Å². The minimum atomic E-state index is 0.678. The summed E-state index contributed by atoms with van der Waals surface area (Å²) in [5.41, 5.74) is 0. The molecule has 0 fully saturated rings. The molecule has 4 nitrogen and oxygen atoms in total. The SMILES string of the molecule is CCCn1cnnc1CNCC(C)C. The highest BCUT2D eigenvalue weighted by molar-refractivity contribution is 4.84. The Bertz CT molecular complexity index is 254. The molecule has 4 heteroatoms. The van der Waals surface area contributed by atoms with Gasteiger partial charge in [0, 0.05) is 6.54 Å². The number of nitrogens with one attached hydrogen (secondary N) is 1. The van der Waals surface area contributed by atoms with Crippen LogP contribution in [-0.2, 0) is 13.1 Å². The van der Waals surface area contributed by atoms with Crippen molar-refractivity contribution >= 4 is 0 Å². The van der Waals surface area contributed by atoms with Crippen LogP contribution in [0, 0.1) is 5.92 Å². The quantitative estimate of drug-likeness (QED) is 0.748. The van der Waals surface area contributed by atoms with Crippen molar-refractivity contribution in [1.82, 2.24) is 20.1 Å². The Labute approximate surface area is 85.7 Å². The summed E-state index contributed by atoms with van der Waals surface area (Å²) in [4.78, 5) is 0. The first-order valence-electron chi connectivity index (χ1n) is 5.31. The van der Waals surface area contributed by atoms with Crippen molar-refractivity contribution in [2.24, 2.45) is 5.92 Å². The molecule has 1 rings (SSSR count). The van der Waals surface area contributed by atoms with E-state index in [4.69, 9.17) is 0 Å². The molecule has 0 radical (unpaired) electrons. The Morgan fingerprint density at radius 2 is 2.29 bits per heavy atom. The maximum atomic E-state index is 4.08. The Morgan fingerprint density at radius 1 is 1.50 bits per heavy atom. The summed E-state index contributed by atoms with van der Waals surface area (Å²) in [5, 5.41) is 11.4. The van der Waals surface area contributed by atoms with Crippen molar-refractivity contribution in [2.45, 2.75) is 40.3 Å². The molecule has 1 heterocycles. The van der Waals surface area contributed by atoms with Crippen LogP contribution >= 0.6 is 0 Å². The van der Waals surface area contributed by atoms with Crippen molar-refractivity contribution in [3.05, 3.63) is 12.2 Å². The number of aromatic nitrogens is 3. The highest BCUT2D eigenvalue weighted by Gasteiger charge is 2.02. The van der Waals surface area contributed by atoms with Crippen LogP contribution in [0.25, 0.3) is 0 Å². The van der Waals surface area contributed by atoms with Crippen LogP contribution < -0.4 is 5.32 Å². The molecule has 0 bridgehead atoms. The molecule has 0 amide bonds. The molecule has 1 aromatic rings. The van der Waals surface area contributed by atoms with Gasteiger partial charge in [-0.2, -0.15) is 0 Å². The second-order valence-electron chi connectivity index (χ2n) is 3.97. The van der Waals surface area contributed by atoms with E-state index in [2.05, 4.69) is 40.9 Å². The van der Waals surface area contributed by atoms with Crippen molar-refractivity contribution in [2.75, 3.05) is 6.54 Å². The van der Waals surface area contributed by atoms with Gasteiger partial charge in [0.15, 0.2) is 0 Å². The van der Waals surface area contributed by atoms with Gasteiger partial charge >= 0.3 is 0 Å². The van der Waals surface area contributed by atoms with Crippen molar-refractivity contribution in [3.63, 3.8) is 0 Å². The fraction of sp³-hybridized carbons (Fsp3) is 0.800. The summed E-state index contributed by atoms with van der Waals surface area (Å²) in [5.74, 6) is 1.71. The molecule has 0 unspecified atom stereocenters. The van der Waals surface area contributed by atoms with E-state index in [9.17, 15) is 0 Å². The first-order chi connectivity index (χ1) is 6.74. The Balaban J connectivity index is 2.37. The normalized spacial score (nSPS) is 11.1. The predicted molar refractivity (Wildman–Crippen MR) is 56.9 cm³/mol. The van der Waals surface area contributed by atoms with E-state index in [1.54, 1.807) is 6.33 Å². The van der Waals surface area contributed by atoms with Gasteiger partial charge in [0.1, 0.15) is 12.2 Å². The third-order valence-electron chi connectivity index (χ3n) is 2.00. The van der Waals surface area contributed by atoms with Gasteiger partial charge in [-0.05, 0) is 18.9 Å². The van der Waals surface area contributed by atoms with Gasteiger partial charge in [0.2, 0.25) is 0 Å². The van der Waals surface area contributed by atoms with Gasteiger partial charge in [-0.15, -0.1) is 10.2 Å². The summed E-state index contributed by atoms with van der Waals surface area (Å²) in [7, 11) is 0. The average Bonchev–Trinajstić information content (AvgIpc) is 2.53. The van der Waals surface area contributed by atoms with E-state index in [1.165, 1.54) is 0 Å². The molecule has 0 saturated carbocycles. The number of rotatable bonds is 6. The number of nitrogens with zero attached hydrogens (tertiary/aromatic N) is 3. The van der Waals surface area contributed by atoms with E-state index in [0.717, 1.165) is 31.9 Å². The largest absolute Gasteiger partial charge is 0.317 e. The summed E-state index contributed by atoms with van der Waals surface area (Å²) in [6, 6.07) is 0. The van der Waals surface area contributed by atoms with E-state index in [0.29, 0.717) is 5.92 Å². The molecule has 0 aliphatic heterocycles. The third-order valence-corrected chi connectivity index (χ3v) is 2.00. The zero-order valence-electron chi connectivity index (χ0n) is 9.32. The van der Waals surface area contributed by atoms with Gasteiger partial charge in [-0.3, -0.25) is 0 Å². The number of hydrogen-bond donors (Lipinski definition) is 1. The van der Waals surface area contributed by atoms with Crippen molar-refractivity contribution < 1.29 is 0 Å². The monoisotopic (exact) mass is 196 g/mol. The molecule has 0 spiro atoms. The lowest BCUT2D eigenvalue weighted by molar-refractivity contribution is 0.525. The lowest BCUT2D eigenvalue weighted by Gasteiger charge is -2.08. The molecule has 14 heavy (non-hydrogen) atoms. The Hall–Kier alpha value is -0.900. The van der Waals surface area contributed by atoms with Gasteiger partial charge in [-0.25, -0.2) is 0 Å². The van der Waals surface area contributed by atoms with Crippen LogP contribution in [0.4, 0.5) is 0 Å². The van der Waals surface area contributed by atoms with Crippen LogP contribution in [0.15, 0.2) is 6.33 Å². The molecule has 1 aromatic heterocycles. The molecule has 0 aliphatic rings. The topological polar surface area (TPSA) is 42.7 Å². The van der Waals surface area contributed by atoms with Crippen LogP contribution in [0.1, 0.15) is 33.0 Å². The second-order valence-corrected chi connectivity index (χ2v) is 3.97. The Morgan fingerprint density at radius 3 is 2.93 bits per heavy atom. The van der Waals surface area contributed by atoms with Crippen LogP contribution in [0.3, 0.4) is 0 Å². The molecule has 0 saturated heterocycles. The van der Waals surface area contributed by atoms with Crippen molar-refractivity contribution in [3.8, 4) is 0 Å². The van der Waals surface area contributed by atoms with Gasteiger partial charge in [0.25, 0.3) is 0 Å². The molecule has 1 N–H and O–H groups in total. The fourth-order valence-corrected chi connectivity index (χ4v) is 1.32. The van der Waals surface area contributed by atoms with Crippen LogP contribution in [0.2, 0.25) is 0 Å². The lowest BCUT2D eigenvalue weighted by Crippen LogP contribution is -2.21. The van der Waals surface area contributed by atoms with E-state index in [-0.39, 0.29) is 0 Å². The highest BCUT2D eigenvalue weighted by Crippen LogP contribution is 1.97. The maximum Gasteiger partial charge on any atom is 0.146 e. The predicted octanol–water partition coefficient (Wildman–Crippen LogP) is 1.43. The van der Waals surface area contributed by atoms with E-state index < -0.39 is 0 Å². The van der Waals surface area contributed by atoms with Gasteiger partial charge < -0.3 is 9.88 Å². The fourth-order valence-electron chi connectivity index (χ4n) is 1.32. The molecular formula is C10H20N4. The first kappa shape index (κ1) is 11.2. The summed E-state index contributed by atoms with van der Waals surface area (Å²) < 4.78 is 2.10. The van der Waals surface area contributed by atoms with E-state index in [1.807, 2.05) is 0 Å². The maximum absolute atomic E-state index is 4.08. The average molecular weight is 196 g/mol. The highest BCUT2D eigenvalue weighted by atomic mass is 15.3. The zero-order chi connectivity index (χ0) is 10.4. The molecule has 0 aromatic carbocycles. The molecule has 0 atom stereocenters. The summed E-state index contributed by atoms with van der Waals surface area (Å²) >= 11 is 0. The molecule has 0 aliphatic carbocycles. The second kappa shape index (κ2) is 5.75. The first-order valence-corrected chi connectivity index (χ1v) is 5.31. The zero-order valence-corrected chi connectivity index (χ0v) is 9.32.